The Morgan fingerprint density at radius 1 is 1.16 bits per heavy atom. The first-order valence-electron chi connectivity index (χ1n) is 9.01. The molecule has 2 aromatic rings. The standard InChI is InChI=1S/C19H23N5O/c1-13-12-17(23-18(21-13)16-4-2-3-9-20-16)22-15-7-10-24(11-8-15)19(25)14-5-6-14/h2-4,9,12,14-15H,5-8,10-11H2,1H3,(H,21,22,23). The van der Waals surface area contributed by atoms with Gasteiger partial charge in [-0.3, -0.25) is 9.78 Å². The fraction of sp³-hybridized carbons (Fsp3) is 0.474. The number of hydrogen-bond acceptors (Lipinski definition) is 5. The number of carbonyl (C=O) groups is 1. The van der Waals surface area contributed by atoms with E-state index < -0.39 is 0 Å². The summed E-state index contributed by atoms with van der Waals surface area (Å²) in [7, 11) is 0. The Bertz CT molecular complexity index is 752. The minimum absolute atomic E-state index is 0.315. The Hall–Kier alpha value is -2.50. The van der Waals surface area contributed by atoms with E-state index in [-0.39, 0.29) is 0 Å². The van der Waals surface area contributed by atoms with Gasteiger partial charge in [-0.2, -0.15) is 0 Å². The molecule has 3 heterocycles. The molecule has 1 amide bonds. The Balaban J connectivity index is 1.41. The Kier molecular flexibility index (Phi) is 4.34. The van der Waals surface area contributed by atoms with Crippen LogP contribution in [0.2, 0.25) is 0 Å². The Morgan fingerprint density at radius 3 is 2.64 bits per heavy atom. The van der Waals surface area contributed by atoms with Crippen molar-refractivity contribution in [3.05, 3.63) is 36.2 Å². The average molecular weight is 337 g/mol. The van der Waals surface area contributed by atoms with Gasteiger partial charge in [0.2, 0.25) is 5.91 Å². The third-order valence-electron chi connectivity index (χ3n) is 4.83. The molecule has 1 saturated carbocycles. The molecule has 0 atom stereocenters. The fourth-order valence-corrected chi connectivity index (χ4v) is 3.29. The molecule has 6 heteroatoms. The van der Waals surface area contributed by atoms with Gasteiger partial charge < -0.3 is 10.2 Å². The molecule has 2 aromatic heterocycles. The highest BCUT2D eigenvalue weighted by molar-refractivity contribution is 5.81. The monoisotopic (exact) mass is 337 g/mol. The number of likely N-dealkylation sites (tertiary alicyclic amines) is 1. The van der Waals surface area contributed by atoms with E-state index in [0.29, 0.717) is 23.7 Å². The Morgan fingerprint density at radius 2 is 1.96 bits per heavy atom. The highest BCUT2D eigenvalue weighted by Gasteiger charge is 2.34. The summed E-state index contributed by atoms with van der Waals surface area (Å²) < 4.78 is 0. The molecular weight excluding hydrogens is 314 g/mol. The van der Waals surface area contributed by atoms with Crippen molar-refractivity contribution in [2.45, 2.75) is 38.6 Å². The van der Waals surface area contributed by atoms with Crippen LogP contribution in [-0.2, 0) is 4.79 Å². The van der Waals surface area contributed by atoms with Crippen LogP contribution in [0, 0.1) is 12.8 Å². The van der Waals surface area contributed by atoms with Gasteiger partial charge in [-0.25, -0.2) is 9.97 Å². The summed E-state index contributed by atoms with van der Waals surface area (Å²) >= 11 is 0. The van der Waals surface area contributed by atoms with Crippen LogP contribution in [0.3, 0.4) is 0 Å². The number of pyridine rings is 1. The second-order valence-electron chi connectivity index (χ2n) is 6.95. The summed E-state index contributed by atoms with van der Waals surface area (Å²) in [6, 6.07) is 8.05. The molecule has 1 aliphatic heterocycles. The molecule has 25 heavy (non-hydrogen) atoms. The maximum Gasteiger partial charge on any atom is 0.225 e. The number of amides is 1. The largest absolute Gasteiger partial charge is 0.367 e. The molecule has 0 unspecified atom stereocenters. The quantitative estimate of drug-likeness (QED) is 0.929. The van der Waals surface area contributed by atoms with Crippen molar-refractivity contribution >= 4 is 11.7 Å². The number of aromatic nitrogens is 3. The van der Waals surface area contributed by atoms with E-state index in [1.165, 1.54) is 0 Å². The molecule has 0 aromatic carbocycles. The van der Waals surface area contributed by atoms with Gasteiger partial charge in [-0.05, 0) is 44.7 Å². The van der Waals surface area contributed by atoms with E-state index in [4.69, 9.17) is 0 Å². The van der Waals surface area contributed by atoms with E-state index in [1.807, 2.05) is 36.1 Å². The molecular formula is C19H23N5O. The smallest absolute Gasteiger partial charge is 0.225 e. The van der Waals surface area contributed by atoms with Gasteiger partial charge in [-0.15, -0.1) is 0 Å². The van der Waals surface area contributed by atoms with Gasteiger partial charge in [-0.1, -0.05) is 6.07 Å². The molecule has 1 saturated heterocycles. The number of aryl methyl sites for hydroxylation is 1. The molecule has 1 N–H and O–H groups in total. The summed E-state index contributed by atoms with van der Waals surface area (Å²) in [5.74, 6) is 2.15. The second kappa shape index (κ2) is 6.78. The first-order valence-corrected chi connectivity index (χ1v) is 9.01. The molecule has 130 valence electrons. The zero-order valence-electron chi connectivity index (χ0n) is 14.5. The van der Waals surface area contributed by atoms with Crippen molar-refractivity contribution in [1.82, 2.24) is 19.9 Å². The predicted octanol–water partition coefficient (Wildman–Crippen LogP) is 2.66. The van der Waals surface area contributed by atoms with Crippen molar-refractivity contribution in [2.75, 3.05) is 18.4 Å². The molecule has 0 radical (unpaired) electrons. The average Bonchev–Trinajstić information content (AvgIpc) is 3.47. The molecule has 0 spiro atoms. The van der Waals surface area contributed by atoms with Crippen molar-refractivity contribution in [2.24, 2.45) is 5.92 Å². The van der Waals surface area contributed by atoms with E-state index in [2.05, 4.69) is 20.3 Å². The van der Waals surface area contributed by atoms with E-state index in [1.54, 1.807) is 6.20 Å². The van der Waals surface area contributed by atoms with Crippen molar-refractivity contribution < 1.29 is 4.79 Å². The Labute approximate surface area is 147 Å². The predicted molar refractivity (Wildman–Crippen MR) is 95.9 cm³/mol. The molecule has 6 nitrogen and oxygen atoms in total. The van der Waals surface area contributed by atoms with Crippen molar-refractivity contribution in [3.63, 3.8) is 0 Å². The molecule has 2 aliphatic rings. The zero-order chi connectivity index (χ0) is 17.2. The van der Waals surface area contributed by atoms with Gasteiger partial charge in [0.25, 0.3) is 0 Å². The van der Waals surface area contributed by atoms with Crippen LogP contribution < -0.4 is 5.32 Å². The summed E-state index contributed by atoms with van der Waals surface area (Å²) in [5, 5.41) is 3.52. The number of anilines is 1. The maximum atomic E-state index is 12.1. The van der Waals surface area contributed by atoms with Crippen molar-refractivity contribution in [3.8, 4) is 11.5 Å². The minimum atomic E-state index is 0.315. The topological polar surface area (TPSA) is 71.0 Å². The number of carbonyl (C=O) groups excluding carboxylic acids is 1. The summed E-state index contributed by atoms with van der Waals surface area (Å²) in [5.41, 5.74) is 1.69. The molecule has 2 fully saturated rings. The second-order valence-corrected chi connectivity index (χ2v) is 6.95. The zero-order valence-corrected chi connectivity index (χ0v) is 14.5. The number of rotatable bonds is 4. The molecule has 1 aliphatic carbocycles. The van der Waals surface area contributed by atoms with E-state index in [9.17, 15) is 4.79 Å². The van der Waals surface area contributed by atoms with E-state index >= 15 is 0 Å². The highest BCUT2D eigenvalue weighted by atomic mass is 16.2. The van der Waals surface area contributed by atoms with Crippen LogP contribution in [0.5, 0.6) is 0 Å². The third kappa shape index (κ3) is 3.78. The van der Waals surface area contributed by atoms with Crippen LogP contribution in [-0.4, -0.2) is 44.9 Å². The third-order valence-corrected chi connectivity index (χ3v) is 4.83. The van der Waals surface area contributed by atoms with Crippen LogP contribution in [0.1, 0.15) is 31.4 Å². The normalized spacial score (nSPS) is 18.2. The van der Waals surface area contributed by atoms with Crippen LogP contribution >= 0.6 is 0 Å². The summed E-state index contributed by atoms with van der Waals surface area (Å²) in [6.07, 6.45) is 5.82. The lowest BCUT2D eigenvalue weighted by molar-refractivity contribution is -0.133. The highest BCUT2D eigenvalue weighted by Crippen LogP contribution is 2.32. The summed E-state index contributed by atoms with van der Waals surface area (Å²) in [6.45, 7) is 3.64. The number of nitrogens with zero attached hydrogens (tertiary/aromatic N) is 4. The lowest BCUT2D eigenvalue weighted by Crippen LogP contribution is -2.43. The number of piperidine rings is 1. The van der Waals surface area contributed by atoms with Crippen LogP contribution in [0.15, 0.2) is 30.5 Å². The first kappa shape index (κ1) is 16.0. The number of hydrogen-bond donors (Lipinski definition) is 1. The SMILES string of the molecule is Cc1cc(NC2CCN(C(=O)C3CC3)CC2)nc(-c2ccccn2)n1. The van der Waals surface area contributed by atoms with E-state index in [0.717, 1.165) is 56.0 Å². The maximum absolute atomic E-state index is 12.1. The van der Waals surface area contributed by atoms with Gasteiger partial charge in [0, 0.05) is 43.0 Å². The number of nitrogens with one attached hydrogen (secondary N) is 1. The first-order chi connectivity index (χ1) is 12.2. The van der Waals surface area contributed by atoms with Crippen LogP contribution in [0.4, 0.5) is 5.82 Å². The summed E-state index contributed by atoms with van der Waals surface area (Å²) in [4.78, 5) is 27.6. The van der Waals surface area contributed by atoms with Gasteiger partial charge in [0.1, 0.15) is 11.5 Å². The molecule has 0 bridgehead atoms. The van der Waals surface area contributed by atoms with Gasteiger partial charge in [0.05, 0.1) is 0 Å². The fourth-order valence-electron chi connectivity index (χ4n) is 3.29. The van der Waals surface area contributed by atoms with Crippen molar-refractivity contribution in [1.29, 1.82) is 0 Å². The van der Waals surface area contributed by atoms with Gasteiger partial charge >= 0.3 is 0 Å². The lowest BCUT2D eigenvalue weighted by atomic mass is 10.0. The molecule has 4 rings (SSSR count). The minimum Gasteiger partial charge on any atom is -0.367 e. The van der Waals surface area contributed by atoms with Gasteiger partial charge in [0.15, 0.2) is 5.82 Å². The van der Waals surface area contributed by atoms with Crippen LogP contribution in [0.25, 0.3) is 11.5 Å². The lowest BCUT2D eigenvalue weighted by Gasteiger charge is -2.32.